The van der Waals surface area contributed by atoms with Gasteiger partial charge in [-0.25, -0.2) is 4.98 Å². The first kappa shape index (κ1) is 8.30. The predicted molar refractivity (Wildman–Crippen MR) is 40.8 cm³/mol. The fourth-order valence-corrected chi connectivity index (χ4v) is 0.416. The maximum Gasteiger partial charge on any atom is 0.105 e. The minimum absolute atomic E-state index is 0.718. The summed E-state index contributed by atoms with van der Waals surface area (Å²) in [5.41, 5.74) is 0. The van der Waals surface area contributed by atoms with E-state index in [1.807, 2.05) is 13.8 Å². The Morgan fingerprint density at radius 3 is 2.44 bits per heavy atom. The minimum atomic E-state index is 0.718. The SMILES string of the molecule is CC.S=c1ccnc[nH]1. The van der Waals surface area contributed by atoms with E-state index in [9.17, 15) is 0 Å². The molecule has 0 radical (unpaired) electrons. The number of aromatic nitrogens is 2. The van der Waals surface area contributed by atoms with Gasteiger partial charge < -0.3 is 4.98 Å². The molecule has 0 bridgehead atoms. The Hall–Kier alpha value is -0.700. The topological polar surface area (TPSA) is 28.7 Å². The molecule has 0 aliphatic heterocycles. The second-order valence-electron chi connectivity index (χ2n) is 1.10. The lowest BCUT2D eigenvalue weighted by atomic mass is 10.7. The lowest BCUT2D eigenvalue weighted by Gasteiger charge is -1.76. The number of aromatic amines is 1. The summed E-state index contributed by atoms with van der Waals surface area (Å²) in [6.07, 6.45) is 3.21. The second-order valence-corrected chi connectivity index (χ2v) is 1.54. The first-order valence-corrected chi connectivity index (χ1v) is 3.29. The molecule has 9 heavy (non-hydrogen) atoms. The number of hydrogen-bond donors (Lipinski definition) is 1. The summed E-state index contributed by atoms with van der Waals surface area (Å²) in [4.78, 5) is 6.46. The van der Waals surface area contributed by atoms with Crippen molar-refractivity contribution in [2.24, 2.45) is 0 Å². The van der Waals surface area contributed by atoms with Gasteiger partial charge in [0.25, 0.3) is 0 Å². The molecular weight excluding hydrogens is 132 g/mol. The van der Waals surface area contributed by atoms with Crippen molar-refractivity contribution in [2.75, 3.05) is 0 Å². The van der Waals surface area contributed by atoms with Crippen LogP contribution in [-0.2, 0) is 0 Å². The van der Waals surface area contributed by atoms with E-state index in [2.05, 4.69) is 9.97 Å². The molecule has 50 valence electrons. The van der Waals surface area contributed by atoms with Gasteiger partial charge in [0, 0.05) is 6.20 Å². The Morgan fingerprint density at radius 1 is 1.56 bits per heavy atom. The third-order valence-electron chi connectivity index (χ3n) is 0.593. The zero-order valence-electron chi connectivity index (χ0n) is 5.59. The van der Waals surface area contributed by atoms with E-state index in [0.29, 0.717) is 0 Å². The van der Waals surface area contributed by atoms with E-state index in [1.165, 1.54) is 0 Å². The Bertz CT molecular complexity index is 177. The fraction of sp³-hybridized carbons (Fsp3) is 0.333. The molecule has 0 atom stereocenters. The molecule has 0 aromatic carbocycles. The molecule has 0 saturated carbocycles. The number of hydrogen-bond acceptors (Lipinski definition) is 2. The van der Waals surface area contributed by atoms with Crippen molar-refractivity contribution in [1.29, 1.82) is 0 Å². The summed E-state index contributed by atoms with van der Waals surface area (Å²) < 4.78 is 0.718. The highest BCUT2D eigenvalue weighted by Crippen LogP contribution is 1.76. The summed E-state index contributed by atoms with van der Waals surface area (Å²) in [5.74, 6) is 0. The molecule has 2 nitrogen and oxygen atoms in total. The van der Waals surface area contributed by atoms with Gasteiger partial charge in [0.1, 0.15) is 4.64 Å². The average Bonchev–Trinajstić information content (AvgIpc) is 1.94. The van der Waals surface area contributed by atoms with Gasteiger partial charge >= 0.3 is 0 Å². The van der Waals surface area contributed by atoms with Crippen LogP contribution in [0, 0.1) is 4.64 Å². The number of nitrogens with one attached hydrogen (secondary N) is 1. The van der Waals surface area contributed by atoms with Crippen molar-refractivity contribution in [3.63, 3.8) is 0 Å². The maximum atomic E-state index is 4.72. The molecule has 0 saturated heterocycles. The van der Waals surface area contributed by atoms with E-state index < -0.39 is 0 Å². The van der Waals surface area contributed by atoms with Crippen molar-refractivity contribution < 1.29 is 0 Å². The molecule has 1 heterocycles. The van der Waals surface area contributed by atoms with Gasteiger partial charge in [-0.1, -0.05) is 26.1 Å². The largest absolute Gasteiger partial charge is 0.337 e. The molecule has 0 amide bonds. The number of rotatable bonds is 0. The summed E-state index contributed by atoms with van der Waals surface area (Å²) >= 11 is 4.72. The minimum Gasteiger partial charge on any atom is -0.337 e. The van der Waals surface area contributed by atoms with Gasteiger partial charge in [-0.3, -0.25) is 0 Å². The Labute approximate surface area is 60.0 Å². The van der Waals surface area contributed by atoms with Crippen LogP contribution < -0.4 is 0 Å². The van der Waals surface area contributed by atoms with Crippen LogP contribution in [0.25, 0.3) is 0 Å². The van der Waals surface area contributed by atoms with Gasteiger partial charge in [-0.15, -0.1) is 0 Å². The van der Waals surface area contributed by atoms with E-state index in [0.717, 1.165) is 4.64 Å². The van der Waals surface area contributed by atoms with Crippen molar-refractivity contribution >= 4 is 12.2 Å². The van der Waals surface area contributed by atoms with Crippen molar-refractivity contribution in [1.82, 2.24) is 9.97 Å². The first-order valence-electron chi connectivity index (χ1n) is 2.88. The molecule has 1 N–H and O–H groups in total. The molecule has 3 heteroatoms. The van der Waals surface area contributed by atoms with Crippen molar-refractivity contribution in [2.45, 2.75) is 13.8 Å². The summed E-state index contributed by atoms with van der Waals surface area (Å²) in [6, 6.07) is 1.73. The van der Waals surface area contributed by atoms with E-state index >= 15 is 0 Å². The summed E-state index contributed by atoms with van der Waals surface area (Å²) in [7, 11) is 0. The van der Waals surface area contributed by atoms with Crippen molar-refractivity contribution in [3.8, 4) is 0 Å². The fourth-order valence-electron chi connectivity index (χ4n) is 0.303. The zero-order valence-corrected chi connectivity index (χ0v) is 6.40. The molecular formula is C6H10N2S. The highest BCUT2D eigenvalue weighted by molar-refractivity contribution is 7.71. The average molecular weight is 142 g/mol. The van der Waals surface area contributed by atoms with E-state index in [-0.39, 0.29) is 0 Å². The highest BCUT2D eigenvalue weighted by atomic mass is 32.1. The lowest BCUT2D eigenvalue weighted by molar-refractivity contribution is 1.15. The van der Waals surface area contributed by atoms with Gasteiger partial charge in [0.15, 0.2) is 0 Å². The Kier molecular flexibility index (Phi) is 5.01. The Morgan fingerprint density at radius 2 is 2.22 bits per heavy atom. The first-order chi connectivity index (χ1) is 4.39. The van der Waals surface area contributed by atoms with Crippen molar-refractivity contribution in [3.05, 3.63) is 23.2 Å². The molecule has 1 aromatic heterocycles. The normalized spacial score (nSPS) is 7.33. The molecule has 0 fully saturated rings. The van der Waals surface area contributed by atoms with Gasteiger partial charge in [-0.05, 0) is 6.07 Å². The monoisotopic (exact) mass is 142 g/mol. The van der Waals surface area contributed by atoms with Gasteiger partial charge in [0.05, 0.1) is 6.33 Å². The highest BCUT2D eigenvalue weighted by Gasteiger charge is 1.66. The molecule has 1 aromatic rings. The smallest absolute Gasteiger partial charge is 0.105 e. The van der Waals surface area contributed by atoms with Crippen LogP contribution in [0.15, 0.2) is 18.6 Å². The molecule has 0 aliphatic rings. The van der Waals surface area contributed by atoms with Crippen LogP contribution in [0.5, 0.6) is 0 Å². The van der Waals surface area contributed by atoms with E-state index in [4.69, 9.17) is 12.2 Å². The predicted octanol–water partition coefficient (Wildman–Crippen LogP) is 2.17. The second kappa shape index (κ2) is 5.44. The molecule has 0 spiro atoms. The standard InChI is InChI=1S/C4H4N2S.C2H6/c7-4-1-2-5-3-6-4;1-2/h1-3H,(H,5,6,7);1-2H3. The summed E-state index contributed by atoms with van der Waals surface area (Å²) in [6.45, 7) is 4.00. The van der Waals surface area contributed by atoms with Gasteiger partial charge in [0.2, 0.25) is 0 Å². The third kappa shape index (κ3) is 3.85. The van der Waals surface area contributed by atoms with Crippen LogP contribution in [0.1, 0.15) is 13.8 Å². The van der Waals surface area contributed by atoms with Crippen LogP contribution >= 0.6 is 12.2 Å². The van der Waals surface area contributed by atoms with Crippen LogP contribution in [-0.4, -0.2) is 9.97 Å². The quantitative estimate of drug-likeness (QED) is 0.562. The number of H-pyrrole nitrogens is 1. The third-order valence-corrected chi connectivity index (χ3v) is 0.847. The van der Waals surface area contributed by atoms with Crippen LogP contribution in [0.3, 0.4) is 0 Å². The van der Waals surface area contributed by atoms with Crippen LogP contribution in [0.2, 0.25) is 0 Å². The van der Waals surface area contributed by atoms with Gasteiger partial charge in [-0.2, -0.15) is 0 Å². The number of nitrogens with zero attached hydrogens (tertiary/aromatic N) is 1. The maximum absolute atomic E-state index is 4.72. The zero-order chi connectivity index (χ0) is 7.11. The summed E-state index contributed by atoms with van der Waals surface area (Å²) in [5, 5.41) is 0. The molecule has 0 aliphatic carbocycles. The molecule has 1 rings (SSSR count). The Balaban J connectivity index is 0.000000291. The molecule has 0 unspecified atom stereocenters. The lowest BCUT2D eigenvalue weighted by Crippen LogP contribution is -1.71. The van der Waals surface area contributed by atoms with E-state index in [1.54, 1.807) is 18.6 Å². The van der Waals surface area contributed by atoms with Crippen LogP contribution in [0.4, 0.5) is 0 Å².